The standard InChI is InChI=1S/C20H29N3O3/c1-21(15-20(25)23-10-12-26-13-11-23)14-19(24)22(2)18-9-5-7-16-6-3-4-8-17(16)18/h3-4,6,8,18H,5,7,9-15H2,1-2H3. The molecule has 0 N–H and O–H groups in total. The van der Waals surface area contributed by atoms with Gasteiger partial charge in [0.05, 0.1) is 32.3 Å². The molecule has 26 heavy (non-hydrogen) atoms. The van der Waals surface area contributed by atoms with E-state index in [0.717, 1.165) is 19.3 Å². The molecule has 6 nitrogen and oxygen atoms in total. The molecule has 0 radical (unpaired) electrons. The molecule has 0 saturated carbocycles. The summed E-state index contributed by atoms with van der Waals surface area (Å²) in [6, 6.07) is 8.54. The normalized spacial score (nSPS) is 20.0. The molecule has 0 aromatic heterocycles. The SMILES string of the molecule is CN(CC(=O)N1CCOCC1)CC(=O)N(C)C1CCCc2ccccc21. The molecule has 0 spiro atoms. The Bertz CT molecular complexity index is 643. The molecule has 2 amide bonds. The van der Waals surface area contributed by atoms with Crippen LogP contribution in [0.3, 0.4) is 0 Å². The van der Waals surface area contributed by atoms with Crippen molar-refractivity contribution in [3.8, 4) is 0 Å². The number of ether oxygens (including phenoxy) is 1. The second kappa shape index (κ2) is 8.64. The lowest BCUT2D eigenvalue weighted by Crippen LogP contribution is -2.47. The van der Waals surface area contributed by atoms with E-state index in [9.17, 15) is 9.59 Å². The fourth-order valence-electron chi connectivity index (χ4n) is 3.85. The molecule has 1 aromatic rings. The molecular formula is C20H29N3O3. The minimum atomic E-state index is 0.0592. The first-order valence-electron chi connectivity index (χ1n) is 9.44. The van der Waals surface area contributed by atoms with Crippen molar-refractivity contribution in [1.82, 2.24) is 14.7 Å². The molecule has 1 heterocycles. The highest BCUT2D eigenvalue weighted by atomic mass is 16.5. The van der Waals surface area contributed by atoms with Gasteiger partial charge >= 0.3 is 0 Å². The lowest BCUT2D eigenvalue weighted by molar-refractivity contribution is -0.138. The van der Waals surface area contributed by atoms with Gasteiger partial charge in [0, 0.05) is 20.1 Å². The molecule has 2 aliphatic rings. The van der Waals surface area contributed by atoms with E-state index in [1.54, 1.807) is 0 Å². The fraction of sp³-hybridized carbons (Fsp3) is 0.600. The van der Waals surface area contributed by atoms with Gasteiger partial charge in [-0.05, 0) is 37.4 Å². The molecule has 1 saturated heterocycles. The molecular weight excluding hydrogens is 330 g/mol. The Morgan fingerprint density at radius 2 is 1.88 bits per heavy atom. The third kappa shape index (κ3) is 4.43. The van der Waals surface area contributed by atoms with Crippen molar-refractivity contribution in [3.05, 3.63) is 35.4 Å². The summed E-state index contributed by atoms with van der Waals surface area (Å²) in [6.45, 7) is 2.99. The smallest absolute Gasteiger partial charge is 0.237 e. The Labute approximate surface area is 155 Å². The second-order valence-electron chi connectivity index (χ2n) is 7.28. The number of carbonyl (C=O) groups excluding carboxylic acids is 2. The van der Waals surface area contributed by atoms with Crippen LogP contribution in [-0.2, 0) is 20.7 Å². The number of hydrogen-bond acceptors (Lipinski definition) is 4. The number of benzene rings is 1. The molecule has 0 bridgehead atoms. The summed E-state index contributed by atoms with van der Waals surface area (Å²) in [4.78, 5) is 30.6. The molecule has 142 valence electrons. The van der Waals surface area contributed by atoms with Crippen LogP contribution in [0.5, 0.6) is 0 Å². The quantitative estimate of drug-likeness (QED) is 0.796. The third-order valence-electron chi connectivity index (χ3n) is 5.37. The van der Waals surface area contributed by atoms with Crippen molar-refractivity contribution in [2.75, 3.05) is 53.5 Å². The zero-order chi connectivity index (χ0) is 18.5. The van der Waals surface area contributed by atoms with Crippen LogP contribution >= 0.6 is 0 Å². The number of hydrogen-bond donors (Lipinski definition) is 0. The monoisotopic (exact) mass is 359 g/mol. The van der Waals surface area contributed by atoms with Gasteiger partial charge in [0.1, 0.15) is 0 Å². The molecule has 1 fully saturated rings. The fourth-order valence-corrected chi connectivity index (χ4v) is 3.85. The zero-order valence-electron chi connectivity index (χ0n) is 15.8. The highest BCUT2D eigenvalue weighted by Gasteiger charge is 2.27. The molecule has 1 aromatic carbocycles. The number of nitrogens with zero attached hydrogens (tertiary/aromatic N) is 3. The van der Waals surface area contributed by atoms with Gasteiger partial charge in [-0.2, -0.15) is 0 Å². The van der Waals surface area contributed by atoms with Crippen LogP contribution in [0.4, 0.5) is 0 Å². The first-order valence-corrected chi connectivity index (χ1v) is 9.44. The maximum atomic E-state index is 12.8. The van der Waals surface area contributed by atoms with Crippen LogP contribution in [0.15, 0.2) is 24.3 Å². The summed E-state index contributed by atoms with van der Waals surface area (Å²) in [5.74, 6) is 0.123. The van der Waals surface area contributed by atoms with Gasteiger partial charge in [0.15, 0.2) is 0 Å². The van der Waals surface area contributed by atoms with Gasteiger partial charge in [0.2, 0.25) is 11.8 Å². The second-order valence-corrected chi connectivity index (χ2v) is 7.28. The van der Waals surface area contributed by atoms with Crippen LogP contribution in [-0.4, -0.2) is 80.0 Å². The Hall–Kier alpha value is -1.92. The largest absolute Gasteiger partial charge is 0.378 e. The van der Waals surface area contributed by atoms with Crippen molar-refractivity contribution < 1.29 is 14.3 Å². The lowest BCUT2D eigenvalue weighted by Gasteiger charge is -2.34. The molecule has 1 atom stereocenters. The molecule has 1 aliphatic carbocycles. The third-order valence-corrected chi connectivity index (χ3v) is 5.37. The number of rotatable bonds is 5. The van der Waals surface area contributed by atoms with Crippen molar-refractivity contribution in [1.29, 1.82) is 0 Å². The summed E-state index contributed by atoms with van der Waals surface area (Å²) in [5.41, 5.74) is 2.61. The van der Waals surface area contributed by atoms with Gasteiger partial charge in [0.25, 0.3) is 0 Å². The van der Waals surface area contributed by atoms with Gasteiger partial charge in [-0.3, -0.25) is 14.5 Å². The number of aryl methyl sites for hydroxylation is 1. The van der Waals surface area contributed by atoms with E-state index in [2.05, 4.69) is 18.2 Å². The highest BCUT2D eigenvalue weighted by Crippen LogP contribution is 2.33. The van der Waals surface area contributed by atoms with Crippen LogP contribution in [0.2, 0.25) is 0 Å². The van der Waals surface area contributed by atoms with Crippen LogP contribution < -0.4 is 0 Å². The van der Waals surface area contributed by atoms with Crippen LogP contribution in [0.1, 0.15) is 30.0 Å². The predicted molar refractivity (Wildman–Crippen MR) is 99.8 cm³/mol. The van der Waals surface area contributed by atoms with E-state index >= 15 is 0 Å². The highest BCUT2D eigenvalue weighted by molar-refractivity contribution is 5.81. The number of amides is 2. The van der Waals surface area contributed by atoms with Gasteiger partial charge in [-0.1, -0.05) is 24.3 Å². The first-order chi connectivity index (χ1) is 12.6. The topological polar surface area (TPSA) is 53.1 Å². The molecule has 3 rings (SSSR count). The van der Waals surface area contributed by atoms with E-state index in [-0.39, 0.29) is 30.9 Å². The summed E-state index contributed by atoms with van der Waals surface area (Å²) in [6.07, 6.45) is 3.18. The van der Waals surface area contributed by atoms with E-state index in [0.29, 0.717) is 26.3 Å². The lowest BCUT2D eigenvalue weighted by atomic mass is 9.87. The molecule has 1 aliphatic heterocycles. The van der Waals surface area contributed by atoms with E-state index < -0.39 is 0 Å². The Morgan fingerprint density at radius 1 is 1.15 bits per heavy atom. The number of likely N-dealkylation sites (N-methyl/N-ethyl adjacent to an activating group) is 2. The number of fused-ring (bicyclic) bond motifs is 1. The van der Waals surface area contributed by atoms with E-state index in [4.69, 9.17) is 4.74 Å². The van der Waals surface area contributed by atoms with Crippen molar-refractivity contribution in [2.45, 2.75) is 25.3 Å². The van der Waals surface area contributed by atoms with E-state index in [1.165, 1.54) is 11.1 Å². The summed E-state index contributed by atoms with van der Waals surface area (Å²) < 4.78 is 5.28. The zero-order valence-corrected chi connectivity index (χ0v) is 15.8. The number of carbonyl (C=O) groups is 2. The summed E-state index contributed by atoms with van der Waals surface area (Å²) in [7, 11) is 3.71. The maximum absolute atomic E-state index is 12.8. The van der Waals surface area contributed by atoms with Crippen molar-refractivity contribution >= 4 is 11.8 Å². The maximum Gasteiger partial charge on any atom is 0.237 e. The predicted octanol–water partition coefficient (Wildman–Crippen LogP) is 1.31. The molecule has 6 heteroatoms. The Kier molecular flexibility index (Phi) is 6.27. The van der Waals surface area contributed by atoms with Crippen molar-refractivity contribution in [2.24, 2.45) is 0 Å². The van der Waals surface area contributed by atoms with Crippen LogP contribution in [0.25, 0.3) is 0 Å². The van der Waals surface area contributed by atoms with Crippen molar-refractivity contribution in [3.63, 3.8) is 0 Å². The van der Waals surface area contributed by atoms with E-state index in [1.807, 2.05) is 34.9 Å². The van der Waals surface area contributed by atoms with Crippen LogP contribution in [0, 0.1) is 0 Å². The minimum Gasteiger partial charge on any atom is -0.378 e. The summed E-state index contributed by atoms with van der Waals surface area (Å²) >= 11 is 0. The van der Waals surface area contributed by atoms with Gasteiger partial charge in [-0.15, -0.1) is 0 Å². The number of morpholine rings is 1. The summed E-state index contributed by atoms with van der Waals surface area (Å²) in [5, 5.41) is 0. The average molecular weight is 359 g/mol. The first kappa shape index (κ1) is 18.9. The Morgan fingerprint density at radius 3 is 2.65 bits per heavy atom. The Balaban J connectivity index is 1.55. The van der Waals surface area contributed by atoms with Gasteiger partial charge < -0.3 is 14.5 Å². The van der Waals surface area contributed by atoms with Gasteiger partial charge in [-0.25, -0.2) is 0 Å². The minimum absolute atomic E-state index is 0.0592. The molecule has 1 unspecified atom stereocenters. The average Bonchev–Trinajstić information content (AvgIpc) is 2.67.